The number of nitrogens with one attached hydrogen (secondary N) is 1. The van der Waals surface area contributed by atoms with E-state index in [1.807, 2.05) is 0 Å². The highest BCUT2D eigenvalue weighted by molar-refractivity contribution is 6.39. The number of hydrogen-bond donors (Lipinski definition) is 1. The number of aromatic nitrogens is 1. The zero-order valence-electron chi connectivity index (χ0n) is 9.13. The van der Waals surface area contributed by atoms with Gasteiger partial charge in [-0.25, -0.2) is 4.98 Å². The summed E-state index contributed by atoms with van der Waals surface area (Å²) < 4.78 is 0. The molecule has 3 nitrogen and oxygen atoms in total. The number of ketones is 1. The van der Waals surface area contributed by atoms with Crippen molar-refractivity contribution in [2.24, 2.45) is 0 Å². The molecule has 0 aliphatic rings. The quantitative estimate of drug-likeness (QED) is 0.688. The summed E-state index contributed by atoms with van der Waals surface area (Å²) in [4.78, 5) is 15.9. The average Bonchev–Trinajstić information content (AvgIpc) is 2.29. The molecule has 0 bridgehead atoms. The standard InChI is InChI=1S/C12H10Cl2N2O/c1-15-6-10(17)8-2-4-9-7(12(8)14)3-5-11(13)16-9/h2-5,15H,6H2,1H3. The Morgan fingerprint density at radius 1 is 1.29 bits per heavy atom. The number of fused-ring (bicyclic) bond motifs is 1. The Bertz CT molecular complexity index is 584. The third-order valence-electron chi connectivity index (χ3n) is 2.41. The average molecular weight is 269 g/mol. The van der Waals surface area contributed by atoms with E-state index in [-0.39, 0.29) is 12.3 Å². The second-order valence-electron chi connectivity index (χ2n) is 3.58. The minimum Gasteiger partial charge on any atom is -0.313 e. The molecule has 1 heterocycles. The van der Waals surface area contributed by atoms with Crippen LogP contribution in [0.15, 0.2) is 24.3 Å². The fourth-order valence-corrected chi connectivity index (χ4v) is 2.10. The number of rotatable bonds is 3. The predicted molar refractivity (Wildman–Crippen MR) is 70.0 cm³/mol. The molecule has 0 amide bonds. The molecule has 0 saturated heterocycles. The van der Waals surface area contributed by atoms with Gasteiger partial charge in [0.25, 0.3) is 0 Å². The van der Waals surface area contributed by atoms with Crippen LogP contribution < -0.4 is 5.32 Å². The topological polar surface area (TPSA) is 42.0 Å². The van der Waals surface area contributed by atoms with E-state index in [1.54, 1.807) is 31.3 Å². The molecule has 0 fully saturated rings. The minimum atomic E-state index is -0.0469. The van der Waals surface area contributed by atoms with Crippen LogP contribution in [0.1, 0.15) is 10.4 Å². The van der Waals surface area contributed by atoms with Gasteiger partial charge in [-0.1, -0.05) is 23.2 Å². The highest BCUT2D eigenvalue weighted by Gasteiger charge is 2.12. The van der Waals surface area contributed by atoms with Gasteiger partial charge < -0.3 is 5.32 Å². The lowest BCUT2D eigenvalue weighted by molar-refractivity contribution is 0.0994. The molecule has 88 valence electrons. The molecular formula is C12H10Cl2N2O. The maximum absolute atomic E-state index is 11.8. The molecule has 0 radical (unpaired) electrons. The van der Waals surface area contributed by atoms with Crippen LogP contribution in [0.3, 0.4) is 0 Å². The molecule has 0 aliphatic heterocycles. The molecule has 0 aliphatic carbocycles. The Morgan fingerprint density at radius 2 is 2.06 bits per heavy atom. The molecular weight excluding hydrogens is 259 g/mol. The third-order valence-corrected chi connectivity index (χ3v) is 3.03. The number of pyridine rings is 1. The van der Waals surface area contributed by atoms with Crippen molar-refractivity contribution < 1.29 is 4.79 Å². The number of nitrogens with zero attached hydrogens (tertiary/aromatic N) is 1. The first-order valence-corrected chi connectivity index (χ1v) is 5.81. The van der Waals surface area contributed by atoms with Crippen LogP contribution in [0.25, 0.3) is 10.9 Å². The van der Waals surface area contributed by atoms with Gasteiger partial charge in [0, 0.05) is 10.9 Å². The minimum absolute atomic E-state index is 0.0469. The van der Waals surface area contributed by atoms with Crippen molar-refractivity contribution in [1.82, 2.24) is 10.3 Å². The van der Waals surface area contributed by atoms with Crippen LogP contribution in [0.5, 0.6) is 0 Å². The third kappa shape index (κ3) is 2.41. The molecule has 2 rings (SSSR count). The number of likely N-dealkylation sites (N-methyl/N-ethyl adjacent to an activating group) is 1. The summed E-state index contributed by atoms with van der Waals surface area (Å²) in [6.07, 6.45) is 0. The summed E-state index contributed by atoms with van der Waals surface area (Å²) in [5, 5.41) is 4.37. The van der Waals surface area contributed by atoms with Crippen LogP contribution in [-0.2, 0) is 0 Å². The monoisotopic (exact) mass is 268 g/mol. The maximum atomic E-state index is 11.8. The van der Waals surface area contributed by atoms with E-state index >= 15 is 0 Å². The number of hydrogen-bond acceptors (Lipinski definition) is 3. The zero-order chi connectivity index (χ0) is 12.4. The summed E-state index contributed by atoms with van der Waals surface area (Å²) in [5.74, 6) is -0.0469. The smallest absolute Gasteiger partial charge is 0.178 e. The molecule has 1 aromatic heterocycles. The van der Waals surface area contributed by atoms with Gasteiger partial charge in [-0.15, -0.1) is 0 Å². The number of carbonyl (C=O) groups is 1. The number of carbonyl (C=O) groups excluding carboxylic acids is 1. The largest absolute Gasteiger partial charge is 0.313 e. The van der Waals surface area contributed by atoms with E-state index < -0.39 is 0 Å². The van der Waals surface area contributed by atoms with E-state index in [0.717, 1.165) is 5.39 Å². The van der Waals surface area contributed by atoms with Crippen molar-refractivity contribution in [1.29, 1.82) is 0 Å². The zero-order valence-corrected chi connectivity index (χ0v) is 10.6. The van der Waals surface area contributed by atoms with Gasteiger partial charge in [-0.05, 0) is 31.3 Å². The van der Waals surface area contributed by atoms with Crippen molar-refractivity contribution in [2.45, 2.75) is 0 Å². The summed E-state index contributed by atoms with van der Waals surface area (Å²) in [5.41, 5.74) is 1.18. The van der Waals surface area contributed by atoms with Gasteiger partial charge >= 0.3 is 0 Å². The Morgan fingerprint density at radius 3 is 2.76 bits per heavy atom. The maximum Gasteiger partial charge on any atom is 0.178 e. The second-order valence-corrected chi connectivity index (χ2v) is 4.35. The van der Waals surface area contributed by atoms with Gasteiger partial charge in [-0.3, -0.25) is 4.79 Å². The Labute approximate surface area is 109 Å². The van der Waals surface area contributed by atoms with Gasteiger partial charge in [-0.2, -0.15) is 0 Å². The van der Waals surface area contributed by atoms with E-state index in [9.17, 15) is 4.79 Å². The van der Waals surface area contributed by atoms with Crippen LogP contribution in [0.2, 0.25) is 10.2 Å². The second kappa shape index (κ2) is 5.00. The first-order chi connectivity index (χ1) is 8.13. The molecule has 5 heteroatoms. The summed E-state index contributed by atoms with van der Waals surface area (Å²) in [6.45, 7) is 0.256. The molecule has 0 saturated carbocycles. The van der Waals surface area contributed by atoms with Crippen molar-refractivity contribution in [3.8, 4) is 0 Å². The molecule has 0 unspecified atom stereocenters. The lowest BCUT2D eigenvalue weighted by atomic mass is 10.1. The van der Waals surface area contributed by atoms with Crippen LogP contribution in [0, 0.1) is 0 Å². The van der Waals surface area contributed by atoms with Crippen molar-refractivity contribution >= 4 is 39.9 Å². The van der Waals surface area contributed by atoms with Gasteiger partial charge in [0.15, 0.2) is 5.78 Å². The predicted octanol–water partition coefficient (Wildman–Crippen LogP) is 2.94. The summed E-state index contributed by atoms with van der Waals surface area (Å²) in [6, 6.07) is 6.84. The van der Waals surface area contributed by atoms with Crippen molar-refractivity contribution in [3.05, 3.63) is 40.0 Å². The van der Waals surface area contributed by atoms with Gasteiger partial charge in [0.1, 0.15) is 5.15 Å². The SMILES string of the molecule is CNCC(=O)c1ccc2nc(Cl)ccc2c1Cl. The normalized spacial score (nSPS) is 10.8. The van der Waals surface area contributed by atoms with Crippen molar-refractivity contribution in [3.63, 3.8) is 0 Å². The molecule has 1 aromatic carbocycles. The van der Waals surface area contributed by atoms with Crippen LogP contribution in [0.4, 0.5) is 0 Å². The summed E-state index contributed by atoms with van der Waals surface area (Å²) >= 11 is 12.0. The lowest BCUT2D eigenvalue weighted by Gasteiger charge is -2.06. The first-order valence-electron chi connectivity index (χ1n) is 5.06. The lowest BCUT2D eigenvalue weighted by Crippen LogP contribution is -2.18. The van der Waals surface area contributed by atoms with Crippen molar-refractivity contribution in [2.75, 3.05) is 13.6 Å². The van der Waals surface area contributed by atoms with Crippen LogP contribution in [-0.4, -0.2) is 24.4 Å². The fraction of sp³-hybridized carbons (Fsp3) is 0.167. The van der Waals surface area contributed by atoms with E-state index in [0.29, 0.717) is 21.3 Å². The Kier molecular flexibility index (Phi) is 3.62. The Hall–Kier alpha value is -1.16. The van der Waals surface area contributed by atoms with Crippen LogP contribution >= 0.6 is 23.2 Å². The van der Waals surface area contributed by atoms with Gasteiger partial charge in [0.05, 0.1) is 17.1 Å². The van der Waals surface area contributed by atoms with E-state index in [4.69, 9.17) is 23.2 Å². The van der Waals surface area contributed by atoms with E-state index in [1.165, 1.54) is 0 Å². The molecule has 0 spiro atoms. The molecule has 0 atom stereocenters. The molecule has 17 heavy (non-hydrogen) atoms. The molecule has 1 N–H and O–H groups in total. The van der Waals surface area contributed by atoms with E-state index in [2.05, 4.69) is 10.3 Å². The highest BCUT2D eigenvalue weighted by Crippen LogP contribution is 2.27. The Balaban J connectivity index is 2.58. The van der Waals surface area contributed by atoms with Gasteiger partial charge in [0.2, 0.25) is 0 Å². The number of Topliss-reactive ketones (excluding diaryl/α,β-unsaturated/α-hetero) is 1. The fourth-order valence-electron chi connectivity index (χ4n) is 1.61. The molecule has 2 aromatic rings. The number of halogens is 2. The number of benzene rings is 1. The first kappa shape index (κ1) is 12.3. The summed E-state index contributed by atoms with van der Waals surface area (Å²) in [7, 11) is 1.72. The highest BCUT2D eigenvalue weighted by atomic mass is 35.5.